The second-order valence-corrected chi connectivity index (χ2v) is 12.7. The summed E-state index contributed by atoms with van der Waals surface area (Å²) in [6, 6.07) is 31.6. The van der Waals surface area contributed by atoms with Crippen molar-refractivity contribution in [3.63, 3.8) is 0 Å². The van der Waals surface area contributed by atoms with Gasteiger partial charge < -0.3 is 20.2 Å². The summed E-state index contributed by atoms with van der Waals surface area (Å²) in [4.78, 5) is 74.6. The van der Waals surface area contributed by atoms with Crippen molar-refractivity contribution in [2.45, 2.75) is 0 Å². The van der Waals surface area contributed by atoms with E-state index in [-0.39, 0.29) is 16.8 Å². The van der Waals surface area contributed by atoms with Gasteiger partial charge >= 0.3 is 11.9 Å². The largest absolute Gasteiger partial charge is 0.478 e. The minimum absolute atomic E-state index is 0.0146. The van der Waals surface area contributed by atoms with Crippen LogP contribution in [-0.4, -0.2) is 67.8 Å². The first-order valence-electron chi connectivity index (χ1n) is 16.7. The molecule has 0 aliphatic carbocycles. The molecule has 0 radical (unpaired) electrons. The number of benzene rings is 5. The molecular formula is C41H22N8O5. The zero-order valence-electron chi connectivity index (χ0n) is 27.7. The van der Waals surface area contributed by atoms with Crippen LogP contribution in [0, 0.1) is 0 Å². The van der Waals surface area contributed by atoms with Gasteiger partial charge in [0.25, 0.3) is 0 Å². The Hall–Kier alpha value is -7.93. The van der Waals surface area contributed by atoms with E-state index in [0.29, 0.717) is 51.0 Å². The molecule has 54 heavy (non-hydrogen) atoms. The van der Waals surface area contributed by atoms with Crippen molar-refractivity contribution in [3.05, 3.63) is 131 Å². The van der Waals surface area contributed by atoms with Crippen LogP contribution in [-0.2, 0) is 0 Å². The summed E-state index contributed by atoms with van der Waals surface area (Å²) in [6.07, 6.45) is 0. The Bertz CT molecular complexity index is 3160. The standard InChI is InChI=1S/C41H22N8O5/c50-31(19-16-17-26(40(51)52)29(18-19)41(53)54)27-14-7-15-28-30(27)39-48-37-25-13-6-5-12-24(25)35(46-37)44-33-21-9-2-1-8-20(21)32(42-33)43-34-22-10-3-4-11-23(22)36(45-34)47-38(28)49-39/h1-18H,(H,51,52)(H,53,54)(H2,42,43,44,45,46,47,48,49). The summed E-state index contributed by atoms with van der Waals surface area (Å²) in [5, 5.41) is 22.0. The number of aromatic amines is 2. The first-order chi connectivity index (χ1) is 26.3. The smallest absolute Gasteiger partial charge is 0.336 e. The van der Waals surface area contributed by atoms with Gasteiger partial charge in [0.1, 0.15) is 22.6 Å². The number of carboxylic acid groups (broad SMARTS) is 2. The fourth-order valence-corrected chi connectivity index (χ4v) is 7.08. The lowest BCUT2D eigenvalue weighted by atomic mass is 9.96. The first kappa shape index (κ1) is 30.9. The summed E-state index contributed by atoms with van der Waals surface area (Å²) in [6.45, 7) is 0. The second-order valence-electron chi connectivity index (χ2n) is 12.7. The van der Waals surface area contributed by atoms with Crippen molar-refractivity contribution >= 4 is 61.9 Å². The number of aromatic carboxylic acids is 2. The van der Waals surface area contributed by atoms with Crippen LogP contribution in [0.15, 0.2) is 109 Å². The molecule has 5 aromatic carbocycles. The number of ketones is 1. The lowest BCUT2D eigenvalue weighted by Crippen LogP contribution is -2.11. The van der Waals surface area contributed by atoms with Crippen LogP contribution >= 0.6 is 0 Å². The molecule has 0 atom stereocenters. The van der Waals surface area contributed by atoms with E-state index in [1.807, 2.05) is 72.8 Å². The summed E-state index contributed by atoms with van der Waals surface area (Å²) < 4.78 is 0. The lowest BCUT2D eigenvalue weighted by Gasteiger charge is -2.07. The van der Waals surface area contributed by atoms with E-state index in [0.717, 1.165) is 45.2 Å². The van der Waals surface area contributed by atoms with Crippen LogP contribution in [0.3, 0.4) is 0 Å². The van der Waals surface area contributed by atoms with Crippen molar-refractivity contribution in [2.75, 3.05) is 0 Å². The second kappa shape index (κ2) is 11.5. The Morgan fingerprint density at radius 2 is 0.870 bits per heavy atom. The lowest BCUT2D eigenvalue weighted by molar-refractivity contribution is 0.0651. The molecule has 10 rings (SSSR count). The van der Waals surface area contributed by atoms with E-state index in [1.54, 1.807) is 18.2 Å². The zero-order chi connectivity index (χ0) is 36.7. The molecule has 13 nitrogen and oxygen atoms in total. The molecule has 0 spiro atoms. The van der Waals surface area contributed by atoms with E-state index in [9.17, 15) is 24.6 Å². The molecule has 0 saturated carbocycles. The number of fused-ring (bicyclic) bond motifs is 20. The molecule has 8 aromatic rings. The van der Waals surface area contributed by atoms with Gasteiger partial charge in [-0.15, -0.1) is 0 Å². The monoisotopic (exact) mass is 706 g/mol. The third kappa shape index (κ3) is 4.69. The topological polar surface area (TPSA) is 201 Å². The number of nitrogens with one attached hydrogen (secondary N) is 2. The van der Waals surface area contributed by atoms with Gasteiger partial charge in [-0.3, -0.25) is 4.79 Å². The molecule has 3 aromatic heterocycles. The molecular weight excluding hydrogens is 685 g/mol. The Balaban J connectivity index is 1.33. The van der Waals surface area contributed by atoms with E-state index >= 15 is 0 Å². The van der Waals surface area contributed by atoms with Crippen molar-refractivity contribution in [1.29, 1.82) is 0 Å². The third-order valence-corrected chi connectivity index (χ3v) is 9.57. The third-order valence-electron chi connectivity index (χ3n) is 9.57. The average Bonchev–Trinajstić information content (AvgIpc) is 3.93. The van der Waals surface area contributed by atoms with Gasteiger partial charge in [0.05, 0.1) is 11.1 Å². The van der Waals surface area contributed by atoms with E-state index in [4.69, 9.17) is 29.9 Å². The highest BCUT2D eigenvalue weighted by Crippen LogP contribution is 2.37. The van der Waals surface area contributed by atoms with Crippen molar-refractivity contribution in [1.82, 2.24) is 39.9 Å². The summed E-state index contributed by atoms with van der Waals surface area (Å²) in [5.41, 5.74) is 3.99. The van der Waals surface area contributed by atoms with Crippen molar-refractivity contribution < 1.29 is 24.6 Å². The SMILES string of the molecule is O=C(O)c1ccc(C(=O)c2cccc3c4nc5nc(nc6[nH]c(nc7nc(nc([nH]4)c23)-c2ccccc2-7)c2ccccc62)-c2ccccc2-5)cc1C(=O)O. The van der Waals surface area contributed by atoms with Crippen LogP contribution in [0.1, 0.15) is 36.6 Å². The van der Waals surface area contributed by atoms with Gasteiger partial charge in [0.2, 0.25) is 0 Å². The molecule has 0 amide bonds. The highest BCUT2D eigenvalue weighted by atomic mass is 16.4. The Morgan fingerprint density at radius 3 is 1.39 bits per heavy atom. The van der Waals surface area contributed by atoms with Crippen LogP contribution < -0.4 is 0 Å². The fraction of sp³-hybridized carbons (Fsp3) is 0. The molecule has 2 aliphatic rings. The predicted molar refractivity (Wildman–Crippen MR) is 200 cm³/mol. The maximum absolute atomic E-state index is 14.3. The first-order valence-corrected chi connectivity index (χ1v) is 16.7. The Labute approximate surface area is 302 Å². The van der Waals surface area contributed by atoms with Gasteiger partial charge in [-0.05, 0) is 12.1 Å². The molecule has 13 heteroatoms. The number of carbonyl (C=O) groups excluding carboxylic acids is 1. The van der Waals surface area contributed by atoms with Crippen LogP contribution in [0.5, 0.6) is 0 Å². The maximum atomic E-state index is 14.3. The van der Waals surface area contributed by atoms with E-state index in [1.165, 1.54) is 6.07 Å². The zero-order valence-corrected chi connectivity index (χ0v) is 27.7. The van der Waals surface area contributed by atoms with E-state index in [2.05, 4.69) is 9.97 Å². The summed E-state index contributed by atoms with van der Waals surface area (Å²) in [7, 11) is 0. The summed E-state index contributed by atoms with van der Waals surface area (Å²) in [5.74, 6) is -1.84. The number of rotatable bonds is 4. The number of carbonyl (C=O) groups is 3. The molecule has 0 unspecified atom stereocenters. The minimum atomic E-state index is -1.47. The molecule has 0 fully saturated rings. The minimum Gasteiger partial charge on any atom is -0.478 e. The molecule has 5 heterocycles. The number of hydrogen-bond donors (Lipinski definition) is 4. The average molecular weight is 707 g/mol. The van der Waals surface area contributed by atoms with Gasteiger partial charge in [0.15, 0.2) is 29.1 Å². The molecule has 256 valence electrons. The van der Waals surface area contributed by atoms with Gasteiger partial charge in [-0.1, -0.05) is 97.1 Å². The fourth-order valence-electron chi connectivity index (χ4n) is 7.08. The number of aromatic nitrogens is 8. The maximum Gasteiger partial charge on any atom is 0.336 e. The van der Waals surface area contributed by atoms with Crippen LogP contribution in [0.2, 0.25) is 0 Å². The van der Waals surface area contributed by atoms with Crippen molar-refractivity contribution in [3.8, 4) is 45.6 Å². The normalized spacial score (nSPS) is 11.7. The van der Waals surface area contributed by atoms with Crippen LogP contribution in [0.4, 0.5) is 0 Å². The highest BCUT2D eigenvalue weighted by Gasteiger charge is 2.25. The number of nitrogens with zero attached hydrogens (tertiary/aromatic N) is 6. The van der Waals surface area contributed by atoms with Gasteiger partial charge in [-0.25, -0.2) is 39.5 Å². The number of carboxylic acids is 2. The highest BCUT2D eigenvalue weighted by molar-refractivity contribution is 6.22. The molecule has 2 aliphatic heterocycles. The van der Waals surface area contributed by atoms with Gasteiger partial charge in [-0.2, -0.15) is 0 Å². The Kier molecular flexibility index (Phi) is 6.60. The number of H-pyrrole nitrogens is 2. The van der Waals surface area contributed by atoms with Gasteiger partial charge in [0, 0.05) is 54.9 Å². The van der Waals surface area contributed by atoms with E-state index < -0.39 is 28.8 Å². The predicted octanol–water partition coefficient (Wildman–Crippen LogP) is 7.50. The quantitative estimate of drug-likeness (QED) is 0.132. The van der Waals surface area contributed by atoms with Crippen molar-refractivity contribution in [2.24, 2.45) is 0 Å². The Morgan fingerprint density at radius 1 is 0.426 bits per heavy atom. The van der Waals surface area contributed by atoms with Crippen LogP contribution in [0.25, 0.3) is 89.7 Å². The molecule has 4 N–H and O–H groups in total. The summed E-state index contributed by atoms with van der Waals surface area (Å²) >= 11 is 0. The molecule has 0 saturated heterocycles. The number of hydrogen-bond acceptors (Lipinski definition) is 9. The molecule has 8 bridgehead atoms.